The number of ether oxygens (including phenoxy) is 1. The molecule has 0 saturated carbocycles. The summed E-state index contributed by atoms with van der Waals surface area (Å²) < 4.78 is 4.80. The van der Waals surface area contributed by atoms with Crippen LogP contribution in [0.2, 0.25) is 0 Å². The van der Waals surface area contributed by atoms with E-state index in [1.165, 1.54) is 6.26 Å². The van der Waals surface area contributed by atoms with Crippen molar-refractivity contribution in [2.45, 2.75) is 55.4 Å². The zero-order valence-corrected chi connectivity index (χ0v) is 11.3. The predicted molar refractivity (Wildman–Crippen MR) is 69.0 cm³/mol. The second-order valence-electron chi connectivity index (χ2n) is 1.28. The van der Waals surface area contributed by atoms with E-state index < -0.39 is 0 Å². The van der Waals surface area contributed by atoms with E-state index in [0.29, 0.717) is 5.90 Å². The van der Waals surface area contributed by atoms with E-state index >= 15 is 0 Å². The molecule has 0 aliphatic heterocycles. The molecule has 2 nitrogen and oxygen atoms in total. The quantitative estimate of drug-likeness (QED) is 0.363. The third-order valence-corrected chi connectivity index (χ3v) is 0.635. The maximum atomic E-state index is 4.80. The topological polar surface area (TPSA) is 21.6 Å². The molecule has 0 aliphatic carbocycles. The summed E-state index contributed by atoms with van der Waals surface area (Å²) >= 11 is 0. The fourth-order valence-electron chi connectivity index (χ4n) is 0.381. The molecule has 0 aromatic heterocycles. The summed E-state index contributed by atoms with van der Waals surface area (Å²) in [4.78, 5) is 3.94. The van der Waals surface area contributed by atoms with E-state index in [-0.39, 0.29) is 0 Å². The van der Waals surface area contributed by atoms with E-state index in [4.69, 9.17) is 4.74 Å². The van der Waals surface area contributed by atoms with Gasteiger partial charge in [0.05, 0.1) is 6.26 Å². The molecule has 0 N–H and O–H groups in total. The molecule has 0 bridgehead atoms. The van der Waals surface area contributed by atoms with Crippen molar-refractivity contribution in [1.29, 1.82) is 0 Å². The maximum Gasteiger partial charge on any atom is 0.186 e. The lowest BCUT2D eigenvalue weighted by Crippen LogP contribution is -1.92. The molecule has 0 heterocycles. The van der Waals surface area contributed by atoms with Crippen LogP contribution in [-0.4, -0.2) is 12.4 Å². The van der Waals surface area contributed by atoms with E-state index in [1.54, 1.807) is 6.92 Å². The van der Waals surface area contributed by atoms with Crippen LogP contribution < -0.4 is 0 Å². The lowest BCUT2D eigenvalue weighted by Gasteiger charge is -1.93. The van der Waals surface area contributed by atoms with Crippen LogP contribution in [0.4, 0.5) is 0 Å². The Labute approximate surface area is 91.1 Å². The summed E-state index contributed by atoms with van der Waals surface area (Å²) in [7, 11) is 0. The van der Waals surface area contributed by atoms with Gasteiger partial charge < -0.3 is 4.74 Å². The first-order chi connectivity index (χ1) is 6.81. The van der Waals surface area contributed by atoms with Crippen LogP contribution in [-0.2, 0) is 4.74 Å². The summed E-state index contributed by atoms with van der Waals surface area (Å²) in [5, 5.41) is 0. The number of hydrogen-bond acceptors (Lipinski definition) is 2. The van der Waals surface area contributed by atoms with Gasteiger partial charge in [0, 0.05) is 13.5 Å². The number of nitrogens with zero attached hydrogens (tertiary/aromatic N) is 1. The highest BCUT2D eigenvalue weighted by molar-refractivity contribution is 5.73. The normalized spacial score (nSPS) is 7.57. The molecule has 0 unspecified atom stereocenters. The Morgan fingerprint density at radius 3 is 1.71 bits per heavy atom. The molecule has 2 heteroatoms. The van der Waals surface area contributed by atoms with Gasteiger partial charge in [-0.05, 0) is 6.92 Å². The Morgan fingerprint density at radius 1 is 1.14 bits per heavy atom. The molecule has 0 saturated heterocycles. The van der Waals surface area contributed by atoms with Gasteiger partial charge in [0.2, 0.25) is 0 Å². The Balaban J connectivity index is -0.0000000708. The zero-order valence-electron chi connectivity index (χ0n) is 11.3. The first kappa shape index (κ1) is 23.2. The van der Waals surface area contributed by atoms with E-state index in [1.807, 2.05) is 48.5 Å². The minimum Gasteiger partial charge on any atom is -0.452 e. The van der Waals surface area contributed by atoms with Crippen molar-refractivity contribution in [2.24, 2.45) is 4.99 Å². The van der Waals surface area contributed by atoms with Crippen molar-refractivity contribution >= 4 is 5.90 Å². The Morgan fingerprint density at radius 2 is 1.50 bits per heavy atom. The van der Waals surface area contributed by atoms with Crippen LogP contribution in [0.3, 0.4) is 0 Å². The first-order valence-corrected chi connectivity index (χ1v) is 5.60. The van der Waals surface area contributed by atoms with Gasteiger partial charge >= 0.3 is 0 Å². The van der Waals surface area contributed by atoms with Gasteiger partial charge in [-0.15, -0.1) is 0 Å². The van der Waals surface area contributed by atoms with Crippen molar-refractivity contribution in [3.63, 3.8) is 0 Å². The standard InChI is InChI=1S/C6H11NO.3C2H6/c1-4-7-6(3)8-5-2;3*1-2/h5H,2,4H2,1,3H3;3*1-2H3. The average Bonchev–Trinajstić information content (AvgIpc) is 2.27. The van der Waals surface area contributed by atoms with Gasteiger partial charge in [0.25, 0.3) is 0 Å². The number of hydrogen-bond donors (Lipinski definition) is 0. The van der Waals surface area contributed by atoms with Gasteiger partial charge in [-0.2, -0.15) is 0 Å². The number of rotatable bonds is 2. The highest BCUT2D eigenvalue weighted by Crippen LogP contribution is 1.80. The summed E-state index contributed by atoms with van der Waals surface area (Å²) in [6.45, 7) is 19.9. The molecule has 0 rings (SSSR count). The summed E-state index contributed by atoms with van der Waals surface area (Å²) in [5.41, 5.74) is 0. The molecule has 0 aromatic rings. The monoisotopic (exact) mass is 203 g/mol. The minimum atomic E-state index is 0.669. The van der Waals surface area contributed by atoms with Crippen LogP contribution in [0.1, 0.15) is 55.4 Å². The van der Waals surface area contributed by atoms with Gasteiger partial charge in [-0.25, -0.2) is 0 Å². The second kappa shape index (κ2) is 39.8. The molecule has 0 aromatic carbocycles. The fourth-order valence-corrected chi connectivity index (χ4v) is 0.381. The molecule has 0 atom stereocenters. The molecular formula is C12H29NO. The lowest BCUT2D eigenvalue weighted by molar-refractivity contribution is 0.468. The van der Waals surface area contributed by atoms with Crippen LogP contribution in [0.25, 0.3) is 0 Å². The van der Waals surface area contributed by atoms with Crippen LogP contribution in [0.5, 0.6) is 0 Å². The van der Waals surface area contributed by atoms with E-state index in [9.17, 15) is 0 Å². The Kier molecular flexibility index (Phi) is 66.0. The third kappa shape index (κ3) is 43.1. The van der Waals surface area contributed by atoms with Crippen LogP contribution in [0, 0.1) is 0 Å². The summed E-state index contributed by atoms with van der Waals surface area (Å²) in [6, 6.07) is 0. The largest absolute Gasteiger partial charge is 0.452 e. The highest BCUT2D eigenvalue weighted by atomic mass is 16.5. The van der Waals surface area contributed by atoms with Gasteiger partial charge in [0.1, 0.15) is 0 Å². The molecule has 88 valence electrons. The molecule has 14 heavy (non-hydrogen) atoms. The molecule has 0 fully saturated rings. The lowest BCUT2D eigenvalue weighted by atomic mass is 10.7. The predicted octanol–water partition coefficient (Wildman–Crippen LogP) is 4.66. The van der Waals surface area contributed by atoms with Crippen molar-refractivity contribution in [3.8, 4) is 0 Å². The van der Waals surface area contributed by atoms with Crippen LogP contribution in [0.15, 0.2) is 17.8 Å². The Hall–Kier alpha value is -0.790. The van der Waals surface area contributed by atoms with Crippen molar-refractivity contribution in [2.75, 3.05) is 6.54 Å². The first-order valence-electron chi connectivity index (χ1n) is 5.60. The average molecular weight is 203 g/mol. The van der Waals surface area contributed by atoms with E-state index in [2.05, 4.69) is 11.6 Å². The fraction of sp³-hybridized carbons (Fsp3) is 0.750. The van der Waals surface area contributed by atoms with E-state index in [0.717, 1.165) is 6.54 Å². The minimum absolute atomic E-state index is 0.669. The van der Waals surface area contributed by atoms with Gasteiger partial charge in [-0.3, -0.25) is 4.99 Å². The van der Waals surface area contributed by atoms with Gasteiger partial charge in [-0.1, -0.05) is 48.1 Å². The van der Waals surface area contributed by atoms with Crippen LogP contribution >= 0.6 is 0 Å². The third-order valence-electron chi connectivity index (χ3n) is 0.635. The molecule has 0 aliphatic rings. The molecular weight excluding hydrogens is 174 g/mol. The van der Waals surface area contributed by atoms with Crippen molar-refractivity contribution in [3.05, 3.63) is 12.8 Å². The summed E-state index contributed by atoms with van der Waals surface area (Å²) in [5.74, 6) is 0.669. The molecule has 0 amide bonds. The van der Waals surface area contributed by atoms with Gasteiger partial charge in [0.15, 0.2) is 5.90 Å². The Bertz CT molecular complexity index is 98.5. The van der Waals surface area contributed by atoms with Crippen molar-refractivity contribution < 1.29 is 4.74 Å². The molecule has 0 radical (unpaired) electrons. The number of aliphatic imine (C=N–C) groups is 1. The second-order valence-corrected chi connectivity index (χ2v) is 1.28. The highest BCUT2D eigenvalue weighted by Gasteiger charge is 1.80. The van der Waals surface area contributed by atoms with Crippen molar-refractivity contribution in [1.82, 2.24) is 0 Å². The SMILES string of the molecule is C=COC(C)=NCC.CC.CC.CC. The zero-order chi connectivity index (χ0) is 12.4. The smallest absolute Gasteiger partial charge is 0.186 e. The maximum absolute atomic E-state index is 4.80. The molecule has 0 spiro atoms. The summed E-state index contributed by atoms with van der Waals surface area (Å²) in [6.07, 6.45) is 1.37.